The van der Waals surface area contributed by atoms with Gasteiger partial charge in [-0.3, -0.25) is 0 Å². The molecule has 4 aromatic rings. The van der Waals surface area contributed by atoms with Crippen LogP contribution in [0.2, 0.25) is 0 Å². The van der Waals surface area contributed by atoms with Crippen LogP contribution >= 0.6 is 15.0 Å². The van der Waals surface area contributed by atoms with Gasteiger partial charge in [0, 0.05) is 31.0 Å². The zero-order valence-corrected chi connectivity index (χ0v) is 42.8. The lowest BCUT2D eigenvalue weighted by molar-refractivity contribution is -0.140. The van der Waals surface area contributed by atoms with Gasteiger partial charge in [0.15, 0.2) is 0 Å². The van der Waals surface area contributed by atoms with Gasteiger partial charge in [0.25, 0.3) is 0 Å². The minimum Gasteiger partial charge on any atom is -0.460 e. The smallest absolute Gasteiger partial charge is 0.330 e. The van der Waals surface area contributed by atoms with Crippen LogP contribution in [0.3, 0.4) is 0 Å². The van der Waals surface area contributed by atoms with Crippen molar-refractivity contribution in [3.05, 3.63) is 168 Å². The molecule has 4 aromatic carbocycles. The Hall–Kier alpha value is -6.07. The first-order chi connectivity index (χ1) is 35.6. The van der Waals surface area contributed by atoms with Crippen molar-refractivity contribution in [1.29, 1.82) is 0 Å². The lowest BCUT2D eigenvalue weighted by Crippen LogP contribution is -2.14. The second-order valence-corrected chi connectivity index (χ2v) is 19.6. The Morgan fingerprint density at radius 3 is 0.863 bits per heavy atom. The van der Waals surface area contributed by atoms with E-state index in [0.717, 1.165) is 22.3 Å². The molecule has 0 amide bonds. The largest absolute Gasteiger partial charge is 0.460 e. The molecule has 0 heterocycles. The normalized spacial score (nSPS) is 11.9. The second-order valence-electron chi connectivity index (χ2n) is 15.0. The molecule has 0 aliphatic heterocycles. The molecule has 0 fully saturated rings. The summed E-state index contributed by atoms with van der Waals surface area (Å²) in [7, 11) is -6.63. The molecule has 0 unspecified atom stereocenters. The maximum atomic E-state index is 12.2. The van der Waals surface area contributed by atoms with Gasteiger partial charge in [0.2, 0.25) is 15.0 Å². The summed E-state index contributed by atoms with van der Waals surface area (Å²) in [5, 5.41) is 0. The highest BCUT2D eigenvalue weighted by atomic mass is 31.2. The van der Waals surface area contributed by atoms with Crippen LogP contribution in [0.4, 0.5) is 0 Å². The van der Waals surface area contributed by atoms with Crippen LogP contribution in [0, 0.1) is 0 Å². The summed E-state index contributed by atoms with van der Waals surface area (Å²) >= 11 is 0. The molecule has 4 rings (SSSR count). The molecule has 19 heteroatoms. The first-order valence-electron chi connectivity index (χ1n) is 23.4. The monoisotopic (exact) mass is 1050 g/mol. The predicted octanol–water partition coefficient (Wildman–Crippen LogP) is 9.00. The molecule has 0 N–H and O–H groups in total. The molecule has 17 nitrogen and oxygen atoms in total. The highest BCUT2D eigenvalue weighted by Crippen LogP contribution is 2.62. The van der Waals surface area contributed by atoms with Crippen LogP contribution in [-0.4, -0.2) is 143 Å². The molecule has 0 bridgehead atoms. The summed E-state index contributed by atoms with van der Waals surface area (Å²) in [4.78, 5) is 48.7. The summed E-state index contributed by atoms with van der Waals surface area (Å²) < 4.78 is 73.2. The minimum atomic E-state index is -3.41. The van der Waals surface area contributed by atoms with Gasteiger partial charge in [0.1, 0.15) is 26.4 Å². The summed E-state index contributed by atoms with van der Waals surface area (Å²) in [5.41, 5.74) is 3.46. The van der Waals surface area contributed by atoms with Crippen LogP contribution in [-0.2, 0) is 75.2 Å². The number of esters is 4. The summed E-state index contributed by atoms with van der Waals surface area (Å²) in [6.07, 6.45) is 16.2. The van der Waals surface area contributed by atoms with Crippen molar-refractivity contribution >= 4 is 69.5 Å². The average Bonchev–Trinajstić information content (AvgIpc) is 3.40. The third-order valence-electron chi connectivity index (χ3n) is 9.19. The summed E-state index contributed by atoms with van der Waals surface area (Å²) in [6, 6.07) is 37.5. The third-order valence-corrected chi connectivity index (χ3v) is 14.1. The van der Waals surface area contributed by atoms with E-state index in [4.69, 9.17) is 60.5 Å². The van der Waals surface area contributed by atoms with E-state index < -0.39 is 38.9 Å². The fourth-order valence-electron chi connectivity index (χ4n) is 5.75. The van der Waals surface area contributed by atoms with Gasteiger partial charge >= 0.3 is 23.9 Å². The molecule has 0 aliphatic rings. The zero-order chi connectivity index (χ0) is 51.9. The Morgan fingerprint density at radius 1 is 0.370 bits per heavy atom. The first-order valence-corrected chi connectivity index (χ1v) is 27.2. The highest BCUT2D eigenvalue weighted by Gasteiger charge is 2.24. The van der Waals surface area contributed by atoms with E-state index in [1.807, 2.05) is 121 Å². The third kappa shape index (κ3) is 29.3. The summed E-state index contributed by atoms with van der Waals surface area (Å²) in [6.45, 7) is 2.47. The lowest BCUT2D eigenvalue weighted by atomic mass is 10.2. The van der Waals surface area contributed by atoms with Crippen LogP contribution in [0.1, 0.15) is 22.3 Å². The Balaban J connectivity index is 1.31. The number of carbonyl (C=O) groups excluding carboxylic acids is 4. The van der Waals surface area contributed by atoms with E-state index in [1.54, 1.807) is 31.0 Å². The van der Waals surface area contributed by atoms with Crippen molar-refractivity contribution in [2.24, 2.45) is 4.52 Å². The van der Waals surface area contributed by atoms with Crippen LogP contribution in [0.15, 0.2) is 150 Å². The molecule has 0 spiro atoms. The lowest BCUT2D eigenvalue weighted by Gasteiger charge is -2.27. The Bertz CT molecular complexity index is 2260. The van der Waals surface area contributed by atoms with E-state index in [9.17, 15) is 19.2 Å². The van der Waals surface area contributed by atoms with Gasteiger partial charge in [-0.1, -0.05) is 121 Å². The van der Waals surface area contributed by atoms with E-state index >= 15 is 0 Å². The van der Waals surface area contributed by atoms with Gasteiger partial charge in [-0.2, -0.15) is 4.52 Å². The second kappa shape index (κ2) is 36.8. The molecule has 0 saturated carbocycles. The van der Waals surface area contributed by atoms with E-state index in [-0.39, 0.29) is 106 Å². The van der Waals surface area contributed by atoms with Crippen LogP contribution < -0.4 is 0 Å². The maximum absolute atomic E-state index is 12.2. The maximum Gasteiger partial charge on any atom is 0.330 e. The van der Waals surface area contributed by atoms with Gasteiger partial charge in [-0.15, -0.1) is 0 Å². The topological polar surface area (TPSA) is 191 Å². The molecule has 0 atom stereocenters. The van der Waals surface area contributed by atoms with Crippen LogP contribution in [0.5, 0.6) is 0 Å². The van der Waals surface area contributed by atoms with Crippen molar-refractivity contribution in [3.63, 3.8) is 0 Å². The van der Waals surface area contributed by atoms with Crippen molar-refractivity contribution < 1.29 is 75.2 Å². The summed E-state index contributed by atoms with van der Waals surface area (Å²) in [5.74, 6) is -2.04. The predicted molar refractivity (Wildman–Crippen MR) is 282 cm³/mol. The molecule has 73 heavy (non-hydrogen) atoms. The van der Waals surface area contributed by atoms with Crippen molar-refractivity contribution in [1.82, 2.24) is 0 Å². The van der Waals surface area contributed by atoms with Crippen molar-refractivity contribution in [3.8, 4) is 0 Å². The number of rotatable bonds is 37. The molecule has 0 aromatic heterocycles. The zero-order valence-electron chi connectivity index (χ0n) is 41.1. The molecular formula is C54H65NO16P2. The fraction of sp³-hybridized carbons (Fsp3) is 0.315. The Kier molecular flexibility index (Phi) is 30.0. The number of carbonyl (C=O) groups is 4. The average molecular weight is 1050 g/mol. The number of nitrogens with zero attached hydrogens (tertiary/aromatic N) is 1. The molecular weight excluding hydrogens is 981 g/mol. The molecule has 0 radical (unpaired) electrons. The minimum absolute atomic E-state index is 0.0103. The number of hydrogen-bond donors (Lipinski definition) is 0. The molecule has 0 aliphatic carbocycles. The molecule has 392 valence electrons. The van der Waals surface area contributed by atoms with Gasteiger partial charge < -0.3 is 56.0 Å². The Labute approximate surface area is 428 Å². The van der Waals surface area contributed by atoms with Gasteiger partial charge in [-0.05, 0) is 52.9 Å². The van der Waals surface area contributed by atoms with Crippen LogP contribution in [0.25, 0.3) is 24.3 Å². The number of hydrogen-bond acceptors (Lipinski definition) is 17. The quantitative estimate of drug-likeness (QED) is 0.0137. The highest BCUT2D eigenvalue weighted by molar-refractivity contribution is 7.71. The van der Waals surface area contributed by atoms with Gasteiger partial charge in [-0.25, -0.2) is 19.2 Å². The van der Waals surface area contributed by atoms with E-state index in [2.05, 4.69) is 6.30 Å². The van der Waals surface area contributed by atoms with Gasteiger partial charge in [0.05, 0.1) is 79.3 Å². The number of ether oxygens (including phenoxy) is 8. The van der Waals surface area contributed by atoms with E-state index in [1.165, 1.54) is 24.3 Å². The SMILES string of the molecule is C=P(N=P(C)(OCCOCCOC(=O)/C=C/c1ccccc1)OCCOCCOC(=O)/C=C/c1ccccc1)(OCCOCCOC(=O)/C=C/c1ccccc1)OCCOCCOC(=O)/C=C/c1ccccc1. The Morgan fingerprint density at radius 2 is 0.603 bits per heavy atom. The fourth-order valence-corrected chi connectivity index (χ4v) is 10.3. The molecule has 0 saturated heterocycles. The number of benzene rings is 4. The van der Waals surface area contributed by atoms with Crippen molar-refractivity contribution in [2.75, 3.05) is 112 Å². The van der Waals surface area contributed by atoms with Crippen molar-refractivity contribution in [2.45, 2.75) is 0 Å². The van der Waals surface area contributed by atoms with E-state index in [0.29, 0.717) is 0 Å². The first kappa shape index (κ1) is 59.5. The standard InChI is InChI=1S/C54H65NO16P2/c1-72(68-43-35-60-31-39-64-51(56)27-23-47-15-7-3-8-16-47,69-44-36-61-32-40-65-52(57)28-24-48-17-9-4-10-18-48)55-73(2,70-45-37-62-33-41-66-53(58)29-25-49-19-11-5-12-20-49)71-46-38-63-34-42-67-54(59)30-26-50-21-13-6-14-22-50/h3-30H,1,31-46H2,2H3/b27-23+,28-24+,29-25+,30-26+.